The van der Waals surface area contributed by atoms with E-state index in [1.54, 1.807) is 0 Å². The number of hydrogen-bond donors (Lipinski definition) is 1. The van der Waals surface area contributed by atoms with Gasteiger partial charge in [-0.3, -0.25) is 9.59 Å². The minimum atomic E-state index is -0.342. The van der Waals surface area contributed by atoms with Crippen molar-refractivity contribution in [3.05, 3.63) is 18.2 Å². The summed E-state index contributed by atoms with van der Waals surface area (Å²) in [6.07, 6.45) is 8.51. The molecule has 2 aliphatic rings. The van der Waals surface area contributed by atoms with Crippen molar-refractivity contribution in [1.82, 2.24) is 24.7 Å². The Morgan fingerprint density at radius 3 is 2.38 bits per heavy atom. The first-order valence-electron chi connectivity index (χ1n) is 13.5. The molecule has 1 N–H and O–H groups in total. The van der Waals surface area contributed by atoms with Gasteiger partial charge in [-0.2, -0.15) is 0 Å². The molecule has 3 heterocycles. The van der Waals surface area contributed by atoms with Gasteiger partial charge < -0.3 is 19.7 Å². The molecular formula is C27H47N5O2. The fourth-order valence-corrected chi connectivity index (χ4v) is 5.45. The average Bonchev–Trinajstić information content (AvgIpc) is 3.19. The maximum absolute atomic E-state index is 13.7. The summed E-state index contributed by atoms with van der Waals surface area (Å²) < 4.78 is 2.28. The smallest absolute Gasteiger partial charge is 0.245 e. The van der Waals surface area contributed by atoms with Gasteiger partial charge >= 0.3 is 0 Å². The first kappa shape index (κ1) is 26.7. The predicted octanol–water partition coefficient (Wildman–Crippen LogP) is 3.58. The van der Waals surface area contributed by atoms with Crippen molar-refractivity contribution in [3.63, 3.8) is 0 Å². The van der Waals surface area contributed by atoms with Crippen LogP contribution in [-0.4, -0.2) is 69.4 Å². The molecule has 3 rings (SSSR count). The molecule has 2 atom stereocenters. The molecule has 2 fully saturated rings. The molecular weight excluding hydrogens is 426 g/mol. The van der Waals surface area contributed by atoms with Gasteiger partial charge in [0.15, 0.2) is 0 Å². The molecule has 0 saturated carbocycles. The number of carbonyl (C=O) groups excluding carboxylic acids is 2. The lowest BCUT2D eigenvalue weighted by Gasteiger charge is -2.42. The Balaban J connectivity index is 1.61. The minimum absolute atomic E-state index is 0.103. The van der Waals surface area contributed by atoms with Gasteiger partial charge in [0.25, 0.3) is 0 Å². The van der Waals surface area contributed by atoms with Gasteiger partial charge in [-0.1, -0.05) is 41.5 Å². The summed E-state index contributed by atoms with van der Waals surface area (Å²) in [5.74, 6) is 3.36. The SMILES string of the molecule is CC(C)CC(C(=O)N1CCC(Cc2nccn2CC(C)C)CC1)N1CCN[C@@H](CC(C)C)C1=O. The Bertz CT molecular complexity index is 795. The van der Waals surface area contributed by atoms with Crippen LogP contribution in [-0.2, 0) is 22.6 Å². The molecule has 2 saturated heterocycles. The quantitative estimate of drug-likeness (QED) is 0.564. The van der Waals surface area contributed by atoms with E-state index in [-0.39, 0.29) is 23.9 Å². The van der Waals surface area contributed by atoms with Crippen molar-refractivity contribution in [3.8, 4) is 0 Å². The Labute approximate surface area is 206 Å². The maximum atomic E-state index is 13.7. The fourth-order valence-electron chi connectivity index (χ4n) is 5.45. The average molecular weight is 474 g/mol. The van der Waals surface area contributed by atoms with Crippen molar-refractivity contribution in [1.29, 1.82) is 0 Å². The lowest BCUT2D eigenvalue weighted by Crippen LogP contribution is -2.62. The van der Waals surface area contributed by atoms with E-state index in [1.807, 2.05) is 16.0 Å². The second kappa shape index (κ2) is 12.2. The predicted molar refractivity (Wildman–Crippen MR) is 136 cm³/mol. The van der Waals surface area contributed by atoms with E-state index in [0.717, 1.165) is 58.3 Å². The lowest BCUT2D eigenvalue weighted by atomic mass is 9.91. The molecule has 0 aliphatic carbocycles. The molecule has 2 amide bonds. The largest absolute Gasteiger partial charge is 0.341 e. The van der Waals surface area contributed by atoms with Gasteiger partial charge in [-0.05, 0) is 49.4 Å². The number of nitrogens with zero attached hydrogens (tertiary/aromatic N) is 4. The van der Waals surface area contributed by atoms with Crippen LogP contribution in [0, 0.1) is 23.7 Å². The van der Waals surface area contributed by atoms with Crippen molar-refractivity contribution in [2.75, 3.05) is 26.2 Å². The molecule has 7 heteroatoms. The minimum Gasteiger partial charge on any atom is -0.341 e. The first-order valence-corrected chi connectivity index (χ1v) is 13.5. The van der Waals surface area contributed by atoms with Crippen LogP contribution in [0.4, 0.5) is 0 Å². The maximum Gasteiger partial charge on any atom is 0.245 e. The molecule has 0 aromatic carbocycles. The first-order chi connectivity index (χ1) is 16.2. The number of hydrogen-bond acceptors (Lipinski definition) is 4. The van der Waals surface area contributed by atoms with Crippen LogP contribution in [0.15, 0.2) is 12.4 Å². The number of piperazine rings is 1. The summed E-state index contributed by atoms with van der Waals surface area (Å²) in [6.45, 7) is 17.0. The molecule has 192 valence electrons. The summed E-state index contributed by atoms with van der Waals surface area (Å²) in [5, 5.41) is 3.38. The third kappa shape index (κ3) is 7.06. The molecule has 1 aromatic rings. The molecule has 0 spiro atoms. The Kier molecular flexibility index (Phi) is 9.57. The summed E-state index contributed by atoms with van der Waals surface area (Å²) in [4.78, 5) is 35.5. The highest BCUT2D eigenvalue weighted by atomic mass is 16.2. The van der Waals surface area contributed by atoms with E-state index >= 15 is 0 Å². The van der Waals surface area contributed by atoms with Crippen LogP contribution in [0.2, 0.25) is 0 Å². The number of carbonyl (C=O) groups is 2. The molecule has 0 bridgehead atoms. The third-order valence-corrected chi connectivity index (χ3v) is 7.15. The van der Waals surface area contributed by atoms with Crippen LogP contribution in [0.25, 0.3) is 0 Å². The molecule has 7 nitrogen and oxygen atoms in total. The van der Waals surface area contributed by atoms with Crippen LogP contribution in [0.1, 0.15) is 73.1 Å². The molecule has 1 aromatic heterocycles. The zero-order valence-electron chi connectivity index (χ0n) is 22.3. The Morgan fingerprint density at radius 2 is 1.76 bits per heavy atom. The van der Waals surface area contributed by atoms with E-state index in [9.17, 15) is 9.59 Å². The topological polar surface area (TPSA) is 70.5 Å². The van der Waals surface area contributed by atoms with Gasteiger partial charge in [-0.15, -0.1) is 0 Å². The van der Waals surface area contributed by atoms with Gasteiger partial charge in [0.05, 0.1) is 6.04 Å². The van der Waals surface area contributed by atoms with Crippen molar-refractivity contribution < 1.29 is 9.59 Å². The monoisotopic (exact) mass is 473 g/mol. The highest BCUT2D eigenvalue weighted by molar-refractivity contribution is 5.90. The van der Waals surface area contributed by atoms with E-state index < -0.39 is 0 Å². The standard InChI is InChI=1S/C27H47N5O2/c1-19(2)15-23-26(33)32(14-10-28-23)24(16-20(3)4)27(34)30-11-7-22(8-12-30)17-25-29-9-13-31(25)18-21(5)6/h9,13,19-24,28H,7-8,10-12,14-18H2,1-6H3/t23-,24?/m0/s1. The second-order valence-corrected chi connectivity index (χ2v) is 11.7. The summed E-state index contributed by atoms with van der Waals surface area (Å²) in [7, 11) is 0. The van der Waals surface area contributed by atoms with E-state index in [0.29, 0.717) is 30.2 Å². The van der Waals surface area contributed by atoms with E-state index in [4.69, 9.17) is 0 Å². The van der Waals surface area contributed by atoms with E-state index in [1.165, 1.54) is 5.82 Å². The number of likely N-dealkylation sites (tertiary alicyclic amines) is 1. The van der Waals surface area contributed by atoms with E-state index in [2.05, 4.69) is 62.6 Å². The van der Waals surface area contributed by atoms with Gasteiger partial charge in [-0.25, -0.2) is 4.98 Å². The number of nitrogens with one attached hydrogen (secondary N) is 1. The third-order valence-electron chi connectivity index (χ3n) is 7.15. The normalized spacial score (nSPS) is 21.2. The highest BCUT2D eigenvalue weighted by Crippen LogP contribution is 2.25. The second-order valence-electron chi connectivity index (χ2n) is 11.7. The Morgan fingerprint density at radius 1 is 1.06 bits per heavy atom. The van der Waals surface area contributed by atoms with Crippen LogP contribution in [0.5, 0.6) is 0 Å². The number of amides is 2. The molecule has 1 unspecified atom stereocenters. The zero-order chi connectivity index (χ0) is 24.8. The van der Waals surface area contributed by atoms with Crippen molar-refractivity contribution in [2.24, 2.45) is 23.7 Å². The fraction of sp³-hybridized carbons (Fsp3) is 0.815. The van der Waals surface area contributed by atoms with Crippen molar-refractivity contribution in [2.45, 2.75) is 92.3 Å². The zero-order valence-corrected chi connectivity index (χ0v) is 22.3. The Hall–Kier alpha value is -1.89. The van der Waals surface area contributed by atoms with Gasteiger partial charge in [0.1, 0.15) is 11.9 Å². The number of imidazole rings is 1. The molecule has 0 radical (unpaired) electrons. The van der Waals surface area contributed by atoms with Crippen LogP contribution >= 0.6 is 0 Å². The van der Waals surface area contributed by atoms with Crippen molar-refractivity contribution >= 4 is 11.8 Å². The highest BCUT2D eigenvalue weighted by Gasteiger charge is 2.39. The summed E-state index contributed by atoms with van der Waals surface area (Å²) in [5.41, 5.74) is 0. The number of piperidine rings is 1. The molecule has 2 aliphatic heterocycles. The van der Waals surface area contributed by atoms with Gasteiger partial charge in [0, 0.05) is 51.5 Å². The lowest BCUT2D eigenvalue weighted by molar-refractivity contribution is -0.150. The molecule has 34 heavy (non-hydrogen) atoms. The number of aromatic nitrogens is 2. The number of rotatable bonds is 10. The van der Waals surface area contributed by atoms with Gasteiger partial charge in [0.2, 0.25) is 11.8 Å². The summed E-state index contributed by atoms with van der Waals surface area (Å²) in [6, 6.07) is -0.512. The summed E-state index contributed by atoms with van der Waals surface area (Å²) >= 11 is 0. The van der Waals surface area contributed by atoms with Crippen LogP contribution < -0.4 is 5.32 Å². The van der Waals surface area contributed by atoms with Crippen LogP contribution in [0.3, 0.4) is 0 Å².